The summed E-state index contributed by atoms with van der Waals surface area (Å²) in [5.74, 6) is 6.21. The minimum Gasteiger partial charge on any atom is -0.487 e. The number of amidine groups is 1. The lowest BCUT2D eigenvalue weighted by molar-refractivity contribution is 0.301. The molecule has 32 heavy (non-hydrogen) atoms. The molecular weight excluding hydrogens is 398 g/mol. The van der Waals surface area contributed by atoms with Gasteiger partial charge in [0.25, 0.3) is 0 Å². The maximum absolute atomic E-state index is 7.92. The summed E-state index contributed by atoms with van der Waals surface area (Å²) in [4.78, 5) is 4.67. The summed E-state index contributed by atoms with van der Waals surface area (Å²) in [5, 5.41) is 15.9. The zero-order chi connectivity index (χ0) is 22.3. The predicted octanol–water partition coefficient (Wildman–Crippen LogP) is 5.81. The highest BCUT2D eigenvalue weighted by molar-refractivity contribution is 5.96. The molecule has 3 aromatic carbocycles. The SMILES string of the molecule is CC(Cc1cccc(OCc2ccc3ccccc3n2)c1)c1cccc(C(=N)N=NN)c1. The quantitative estimate of drug-likeness (QED) is 0.129. The van der Waals surface area contributed by atoms with Crippen molar-refractivity contribution in [2.45, 2.75) is 25.9 Å². The van der Waals surface area contributed by atoms with E-state index < -0.39 is 0 Å². The van der Waals surface area contributed by atoms with Crippen molar-refractivity contribution in [1.29, 1.82) is 5.41 Å². The second-order valence-electron chi connectivity index (χ2n) is 7.73. The number of nitrogens with one attached hydrogen (secondary N) is 1. The van der Waals surface area contributed by atoms with Crippen molar-refractivity contribution in [2.75, 3.05) is 0 Å². The Kier molecular flexibility index (Phi) is 6.51. The van der Waals surface area contributed by atoms with Crippen molar-refractivity contribution >= 4 is 16.7 Å². The first kappa shape index (κ1) is 21.2. The van der Waals surface area contributed by atoms with Crippen LogP contribution in [0.25, 0.3) is 10.9 Å². The van der Waals surface area contributed by atoms with Crippen LogP contribution >= 0.6 is 0 Å². The average molecular weight is 424 g/mol. The summed E-state index contributed by atoms with van der Waals surface area (Å²) in [6.45, 7) is 2.59. The lowest BCUT2D eigenvalue weighted by Crippen LogP contribution is -2.03. The Morgan fingerprint density at radius 2 is 1.84 bits per heavy atom. The zero-order valence-corrected chi connectivity index (χ0v) is 17.9. The van der Waals surface area contributed by atoms with E-state index in [0.717, 1.165) is 34.3 Å². The second-order valence-corrected chi connectivity index (χ2v) is 7.73. The Labute approximate surface area is 187 Å². The standard InChI is InChI=1S/C26H25N5O/c1-18(21-8-5-9-22(16-21)26(27)30-31-28)14-19-6-4-10-24(15-19)32-17-23-13-12-20-7-2-3-11-25(20)29-23/h2-13,15-16,18H,14,17H2,1H3,(H3,27,28,30). The van der Waals surface area contributed by atoms with Gasteiger partial charge < -0.3 is 10.6 Å². The van der Waals surface area contributed by atoms with E-state index in [-0.39, 0.29) is 11.8 Å². The van der Waals surface area contributed by atoms with E-state index in [1.54, 1.807) is 0 Å². The molecule has 6 nitrogen and oxygen atoms in total. The number of hydrogen-bond donors (Lipinski definition) is 2. The Morgan fingerprint density at radius 3 is 2.72 bits per heavy atom. The number of benzene rings is 3. The topological polar surface area (TPSA) is 96.7 Å². The molecule has 0 aliphatic carbocycles. The van der Waals surface area contributed by atoms with Gasteiger partial charge >= 0.3 is 0 Å². The van der Waals surface area contributed by atoms with Crippen LogP contribution in [0.2, 0.25) is 0 Å². The molecule has 0 spiro atoms. The van der Waals surface area contributed by atoms with Gasteiger partial charge in [0.2, 0.25) is 0 Å². The summed E-state index contributed by atoms with van der Waals surface area (Å²) in [6, 6.07) is 28.1. The Hall–Kier alpha value is -4.06. The van der Waals surface area contributed by atoms with E-state index in [0.29, 0.717) is 12.2 Å². The van der Waals surface area contributed by atoms with Gasteiger partial charge in [0.15, 0.2) is 5.84 Å². The van der Waals surface area contributed by atoms with E-state index in [1.807, 2.05) is 54.6 Å². The minimum atomic E-state index is 0.0549. The molecule has 1 heterocycles. The summed E-state index contributed by atoms with van der Waals surface area (Å²) in [5.41, 5.74) is 4.88. The monoisotopic (exact) mass is 423 g/mol. The van der Waals surface area contributed by atoms with E-state index in [9.17, 15) is 0 Å². The van der Waals surface area contributed by atoms with Gasteiger partial charge in [0.1, 0.15) is 12.4 Å². The molecule has 4 rings (SSSR count). The molecule has 0 amide bonds. The van der Waals surface area contributed by atoms with Gasteiger partial charge in [-0.3, -0.25) is 5.41 Å². The fourth-order valence-electron chi connectivity index (χ4n) is 3.69. The Bertz CT molecular complexity index is 1270. The van der Waals surface area contributed by atoms with Crippen LogP contribution in [0.5, 0.6) is 5.75 Å². The number of nitrogens with zero attached hydrogens (tertiary/aromatic N) is 3. The predicted molar refractivity (Wildman–Crippen MR) is 127 cm³/mol. The van der Waals surface area contributed by atoms with E-state index in [4.69, 9.17) is 16.0 Å². The molecule has 1 aromatic heterocycles. The number of nitrogens with two attached hydrogens (primary N) is 1. The molecule has 4 aromatic rings. The molecule has 0 saturated heterocycles. The van der Waals surface area contributed by atoms with E-state index >= 15 is 0 Å². The minimum absolute atomic E-state index is 0.0549. The van der Waals surface area contributed by atoms with Crippen LogP contribution in [0, 0.1) is 5.41 Å². The van der Waals surface area contributed by atoms with Crippen LogP contribution in [0.15, 0.2) is 95.3 Å². The van der Waals surface area contributed by atoms with Crippen LogP contribution < -0.4 is 10.6 Å². The summed E-state index contributed by atoms with van der Waals surface area (Å²) in [7, 11) is 0. The number of rotatable bonds is 7. The van der Waals surface area contributed by atoms with Gasteiger partial charge in [-0.1, -0.05) is 66.7 Å². The van der Waals surface area contributed by atoms with Crippen molar-refractivity contribution in [3.63, 3.8) is 0 Å². The third-order valence-electron chi connectivity index (χ3n) is 5.37. The highest BCUT2D eigenvalue weighted by Gasteiger charge is 2.10. The van der Waals surface area contributed by atoms with Gasteiger partial charge in [-0.25, -0.2) is 4.98 Å². The fourth-order valence-corrected chi connectivity index (χ4v) is 3.69. The van der Waals surface area contributed by atoms with Crippen LogP contribution in [-0.4, -0.2) is 10.8 Å². The first-order valence-corrected chi connectivity index (χ1v) is 10.5. The summed E-state index contributed by atoms with van der Waals surface area (Å²) >= 11 is 0. The number of aromatic nitrogens is 1. The molecule has 6 heteroatoms. The highest BCUT2D eigenvalue weighted by atomic mass is 16.5. The molecule has 1 atom stereocenters. The lowest BCUT2D eigenvalue weighted by Gasteiger charge is -2.14. The van der Waals surface area contributed by atoms with Gasteiger partial charge in [-0.05, 0) is 53.8 Å². The maximum atomic E-state index is 7.92. The largest absolute Gasteiger partial charge is 0.487 e. The Balaban J connectivity index is 1.42. The van der Waals surface area contributed by atoms with Crippen molar-refractivity contribution in [2.24, 2.45) is 16.2 Å². The van der Waals surface area contributed by atoms with Crippen molar-refractivity contribution < 1.29 is 4.74 Å². The summed E-state index contributed by atoms with van der Waals surface area (Å²) < 4.78 is 6.02. The third kappa shape index (κ3) is 5.16. The third-order valence-corrected chi connectivity index (χ3v) is 5.37. The number of para-hydroxylation sites is 1. The second kappa shape index (κ2) is 9.83. The molecule has 1 unspecified atom stereocenters. The molecule has 0 aliphatic heterocycles. The van der Waals surface area contributed by atoms with Gasteiger partial charge in [-0.2, -0.15) is 0 Å². The van der Waals surface area contributed by atoms with Gasteiger partial charge in [0.05, 0.1) is 11.2 Å². The summed E-state index contributed by atoms with van der Waals surface area (Å²) in [6.07, 6.45) is 0.848. The molecule has 0 radical (unpaired) electrons. The molecule has 0 bridgehead atoms. The highest BCUT2D eigenvalue weighted by Crippen LogP contribution is 2.24. The van der Waals surface area contributed by atoms with Crippen LogP contribution in [0.3, 0.4) is 0 Å². The van der Waals surface area contributed by atoms with Crippen LogP contribution in [0.1, 0.15) is 35.2 Å². The first-order valence-electron chi connectivity index (χ1n) is 10.5. The number of fused-ring (bicyclic) bond motifs is 1. The molecule has 0 aliphatic rings. The van der Waals surface area contributed by atoms with Crippen molar-refractivity contribution in [3.8, 4) is 5.75 Å². The molecule has 160 valence electrons. The van der Waals surface area contributed by atoms with Crippen molar-refractivity contribution in [1.82, 2.24) is 4.98 Å². The smallest absolute Gasteiger partial charge is 0.176 e. The average Bonchev–Trinajstić information content (AvgIpc) is 2.83. The lowest BCUT2D eigenvalue weighted by atomic mass is 9.92. The molecule has 0 saturated carbocycles. The normalized spacial score (nSPS) is 12.2. The number of hydrogen-bond acceptors (Lipinski definition) is 4. The first-order chi connectivity index (χ1) is 15.6. The fraction of sp³-hybridized carbons (Fsp3) is 0.154. The van der Waals surface area contributed by atoms with Gasteiger partial charge in [-0.15, -0.1) is 5.11 Å². The van der Waals surface area contributed by atoms with E-state index in [2.05, 4.69) is 52.6 Å². The van der Waals surface area contributed by atoms with Gasteiger partial charge in [0, 0.05) is 10.9 Å². The zero-order valence-electron chi connectivity index (χ0n) is 17.9. The molecule has 3 N–H and O–H groups in total. The maximum Gasteiger partial charge on any atom is 0.176 e. The Morgan fingerprint density at radius 1 is 1.00 bits per heavy atom. The molecular formula is C26H25N5O. The number of pyridine rings is 1. The van der Waals surface area contributed by atoms with Crippen molar-refractivity contribution in [3.05, 3.63) is 107 Å². The van der Waals surface area contributed by atoms with Crippen LogP contribution in [0.4, 0.5) is 0 Å². The van der Waals surface area contributed by atoms with Crippen LogP contribution in [-0.2, 0) is 13.0 Å². The van der Waals surface area contributed by atoms with E-state index in [1.165, 1.54) is 5.56 Å². The number of ether oxygens (including phenoxy) is 1. The molecule has 0 fully saturated rings.